The third-order valence-corrected chi connectivity index (χ3v) is 4.25. The SMILES string of the molecule is O=C(COC(=O)c1ccccc1F)N[C@H](Cc1ccccc1)c1ccccc1. The molecular formula is C23H20FNO3. The largest absolute Gasteiger partial charge is 0.452 e. The third-order valence-electron chi connectivity index (χ3n) is 4.25. The molecule has 0 aromatic heterocycles. The molecule has 0 saturated heterocycles. The number of rotatable bonds is 7. The predicted octanol–water partition coefficient (Wildman–Crippen LogP) is 4.08. The lowest BCUT2D eigenvalue weighted by molar-refractivity contribution is -0.125. The first-order chi connectivity index (χ1) is 13.6. The van der Waals surface area contributed by atoms with E-state index in [-0.39, 0.29) is 11.6 Å². The molecule has 0 radical (unpaired) electrons. The van der Waals surface area contributed by atoms with Gasteiger partial charge in [0.1, 0.15) is 5.82 Å². The smallest absolute Gasteiger partial charge is 0.341 e. The van der Waals surface area contributed by atoms with E-state index in [1.165, 1.54) is 24.3 Å². The van der Waals surface area contributed by atoms with Crippen LogP contribution in [-0.2, 0) is 16.0 Å². The fourth-order valence-electron chi connectivity index (χ4n) is 2.86. The summed E-state index contributed by atoms with van der Waals surface area (Å²) in [6.07, 6.45) is 0.595. The average molecular weight is 377 g/mol. The van der Waals surface area contributed by atoms with E-state index in [1.54, 1.807) is 0 Å². The van der Waals surface area contributed by atoms with Crippen molar-refractivity contribution in [1.29, 1.82) is 0 Å². The van der Waals surface area contributed by atoms with Gasteiger partial charge in [0, 0.05) is 0 Å². The van der Waals surface area contributed by atoms with Crippen molar-refractivity contribution in [3.05, 3.63) is 107 Å². The first-order valence-corrected chi connectivity index (χ1v) is 8.93. The molecule has 0 saturated carbocycles. The van der Waals surface area contributed by atoms with Crippen molar-refractivity contribution in [2.75, 3.05) is 6.61 Å². The van der Waals surface area contributed by atoms with Crippen molar-refractivity contribution in [1.82, 2.24) is 5.32 Å². The fraction of sp³-hybridized carbons (Fsp3) is 0.130. The van der Waals surface area contributed by atoms with Crippen molar-refractivity contribution >= 4 is 11.9 Å². The monoisotopic (exact) mass is 377 g/mol. The van der Waals surface area contributed by atoms with Gasteiger partial charge in [-0.25, -0.2) is 9.18 Å². The minimum atomic E-state index is -0.868. The number of hydrogen-bond acceptors (Lipinski definition) is 3. The van der Waals surface area contributed by atoms with Gasteiger partial charge in [-0.1, -0.05) is 72.8 Å². The molecule has 1 N–H and O–H groups in total. The molecule has 0 aliphatic carbocycles. The van der Waals surface area contributed by atoms with E-state index in [0.717, 1.165) is 11.1 Å². The summed E-state index contributed by atoms with van der Waals surface area (Å²) in [5.74, 6) is -2.00. The van der Waals surface area contributed by atoms with E-state index in [9.17, 15) is 14.0 Å². The molecule has 3 aromatic carbocycles. The number of esters is 1. The number of carbonyl (C=O) groups is 2. The van der Waals surface area contributed by atoms with Crippen molar-refractivity contribution in [2.24, 2.45) is 0 Å². The summed E-state index contributed by atoms with van der Waals surface area (Å²) in [6.45, 7) is -0.481. The Bertz CT molecular complexity index is 929. The molecule has 4 nitrogen and oxygen atoms in total. The highest BCUT2D eigenvalue weighted by molar-refractivity contribution is 5.91. The van der Waals surface area contributed by atoms with Gasteiger partial charge in [0.15, 0.2) is 6.61 Å². The van der Waals surface area contributed by atoms with Gasteiger partial charge in [-0.05, 0) is 29.7 Å². The summed E-state index contributed by atoms with van der Waals surface area (Å²) in [5, 5.41) is 2.89. The zero-order chi connectivity index (χ0) is 19.8. The minimum Gasteiger partial charge on any atom is -0.452 e. The quantitative estimate of drug-likeness (QED) is 0.631. The van der Waals surface area contributed by atoms with Crippen LogP contribution in [0.2, 0.25) is 0 Å². The Hall–Kier alpha value is -3.47. The van der Waals surface area contributed by atoms with Crippen LogP contribution < -0.4 is 5.32 Å². The van der Waals surface area contributed by atoms with Crippen molar-refractivity contribution in [2.45, 2.75) is 12.5 Å². The lowest BCUT2D eigenvalue weighted by Crippen LogP contribution is -2.33. The van der Waals surface area contributed by atoms with Gasteiger partial charge < -0.3 is 10.1 Å². The molecule has 142 valence electrons. The number of ether oxygens (including phenoxy) is 1. The molecule has 0 unspecified atom stereocenters. The number of halogens is 1. The lowest BCUT2D eigenvalue weighted by atomic mass is 9.99. The maximum atomic E-state index is 13.6. The first kappa shape index (κ1) is 19.3. The topological polar surface area (TPSA) is 55.4 Å². The Labute approximate surface area is 163 Å². The molecule has 1 amide bonds. The standard InChI is InChI=1S/C23H20FNO3/c24-20-14-8-7-13-19(20)23(27)28-16-22(26)25-21(18-11-5-2-6-12-18)15-17-9-3-1-4-10-17/h1-14,21H,15-16H2,(H,25,26)/t21-/m1/s1. The van der Waals surface area contributed by atoms with Crippen LogP contribution in [0.15, 0.2) is 84.9 Å². The summed E-state index contributed by atoms with van der Waals surface area (Å²) in [7, 11) is 0. The molecule has 0 aliphatic rings. The Morgan fingerprint density at radius 1 is 0.857 bits per heavy atom. The van der Waals surface area contributed by atoms with Gasteiger partial charge in [0.2, 0.25) is 0 Å². The van der Waals surface area contributed by atoms with E-state index in [2.05, 4.69) is 5.32 Å². The number of hydrogen-bond donors (Lipinski definition) is 1. The van der Waals surface area contributed by atoms with E-state index >= 15 is 0 Å². The summed E-state index contributed by atoms with van der Waals surface area (Å²) < 4.78 is 18.6. The molecule has 0 spiro atoms. The molecule has 28 heavy (non-hydrogen) atoms. The van der Waals surface area contributed by atoms with E-state index < -0.39 is 24.3 Å². The van der Waals surface area contributed by atoms with Crippen LogP contribution in [0.4, 0.5) is 4.39 Å². The molecule has 5 heteroatoms. The second-order valence-electron chi connectivity index (χ2n) is 6.28. The minimum absolute atomic E-state index is 0.195. The van der Waals surface area contributed by atoms with Gasteiger partial charge in [-0.2, -0.15) is 0 Å². The molecular weight excluding hydrogens is 357 g/mol. The van der Waals surface area contributed by atoms with Crippen molar-refractivity contribution in [3.8, 4) is 0 Å². The highest BCUT2D eigenvalue weighted by Gasteiger charge is 2.18. The summed E-state index contributed by atoms with van der Waals surface area (Å²) >= 11 is 0. The zero-order valence-corrected chi connectivity index (χ0v) is 15.2. The normalized spacial score (nSPS) is 11.5. The van der Waals surface area contributed by atoms with E-state index in [4.69, 9.17) is 4.74 Å². The Morgan fingerprint density at radius 3 is 2.14 bits per heavy atom. The highest BCUT2D eigenvalue weighted by Crippen LogP contribution is 2.18. The maximum Gasteiger partial charge on any atom is 0.341 e. The van der Waals surface area contributed by atoms with Crippen LogP contribution in [-0.4, -0.2) is 18.5 Å². The molecule has 0 heterocycles. The van der Waals surface area contributed by atoms with Gasteiger partial charge in [0.25, 0.3) is 5.91 Å². The molecule has 0 fully saturated rings. The second-order valence-corrected chi connectivity index (χ2v) is 6.28. The predicted molar refractivity (Wildman–Crippen MR) is 104 cm³/mol. The summed E-state index contributed by atoms with van der Waals surface area (Å²) in [6, 6.07) is 24.6. The molecule has 1 atom stereocenters. The Balaban J connectivity index is 1.64. The number of nitrogens with one attached hydrogen (secondary N) is 1. The van der Waals surface area contributed by atoms with Crippen LogP contribution >= 0.6 is 0 Å². The number of benzene rings is 3. The Kier molecular flexibility index (Phi) is 6.52. The van der Waals surface area contributed by atoms with Crippen LogP contribution in [0.1, 0.15) is 27.5 Å². The highest BCUT2D eigenvalue weighted by atomic mass is 19.1. The zero-order valence-electron chi connectivity index (χ0n) is 15.2. The molecule has 3 rings (SSSR count). The lowest BCUT2D eigenvalue weighted by Gasteiger charge is -2.19. The van der Waals surface area contributed by atoms with Crippen LogP contribution in [0.25, 0.3) is 0 Å². The number of carbonyl (C=O) groups excluding carboxylic acids is 2. The van der Waals surface area contributed by atoms with E-state index in [0.29, 0.717) is 6.42 Å². The number of amides is 1. The third kappa shape index (κ3) is 5.27. The Morgan fingerprint density at radius 2 is 1.46 bits per heavy atom. The van der Waals surface area contributed by atoms with Gasteiger partial charge in [0.05, 0.1) is 11.6 Å². The molecule has 0 bridgehead atoms. The van der Waals surface area contributed by atoms with Crippen molar-refractivity contribution in [3.63, 3.8) is 0 Å². The second kappa shape index (κ2) is 9.46. The van der Waals surface area contributed by atoms with Crippen molar-refractivity contribution < 1.29 is 18.7 Å². The summed E-state index contributed by atoms with van der Waals surface area (Å²) in [5.41, 5.74) is 1.82. The van der Waals surface area contributed by atoms with Gasteiger partial charge in [-0.3, -0.25) is 4.79 Å². The molecule has 3 aromatic rings. The summed E-state index contributed by atoms with van der Waals surface area (Å²) in [4.78, 5) is 24.3. The van der Waals surface area contributed by atoms with Crippen LogP contribution in [0.5, 0.6) is 0 Å². The van der Waals surface area contributed by atoms with Gasteiger partial charge >= 0.3 is 5.97 Å². The first-order valence-electron chi connectivity index (χ1n) is 8.93. The molecule has 0 aliphatic heterocycles. The fourth-order valence-corrected chi connectivity index (χ4v) is 2.86. The van der Waals surface area contributed by atoms with Crippen LogP contribution in [0.3, 0.4) is 0 Å². The van der Waals surface area contributed by atoms with Crippen LogP contribution in [0, 0.1) is 5.82 Å². The van der Waals surface area contributed by atoms with E-state index in [1.807, 2.05) is 60.7 Å². The maximum absolute atomic E-state index is 13.6. The van der Waals surface area contributed by atoms with Gasteiger partial charge in [-0.15, -0.1) is 0 Å². The average Bonchev–Trinajstić information content (AvgIpc) is 2.73.